The van der Waals surface area contributed by atoms with Crippen molar-refractivity contribution in [2.45, 2.75) is 34.1 Å². The first kappa shape index (κ1) is 11.6. The monoisotopic (exact) mass is 204 g/mol. The van der Waals surface area contributed by atoms with Gasteiger partial charge in [0.25, 0.3) is 0 Å². The van der Waals surface area contributed by atoms with Crippen LogP contribution in [0.5, 0.6) is 0 Å². The lowest BCUT2D eigenvalue weighted by atomic mass is 9.97. The molecule has 1 aromatic heterocycles. The molecule has 80 valence electrons. The zero-order chi connectivity index (χ0) is 11.5. The molecule has 0 spiro atoms. The quantitative estimate of drug-likeness (QED) is 0.547. The summed E-state index contributed by atoms with van der Waals surface area (Å²) in [5, 5.41) is 0. The van der Waals surface area contributed by atoms with Crippen molar-refractivity contribution in [3.8, 4) is 11.8 Å². The van der Waals surface area contributed by atoms with Crippen LogP contribution in [0.25, 0.3) is 0 Å². The molecule has 0 aliphatic rings. The minimum absolute atomic E-state index is 0.0259. The number of Topliss-reactive ketones (excluding diaryl/α,β-unsaturated/α-hetero) is 1. The number of carbonyl (C=O) groups excluding carboxylic acids is 1. The van der Waals surface area contributed by atoms with Crippen molar-refractivity contribution in [1.29, 1.82) is 0 Å². The van der Waals surface area contributed by atoms with Crippen LogP contribution in [0.2, 0.25) is 0 Å². The summed E-state index contributed by atoms with van der Waals surface area (Å²) in [6.07, 6.45) is 1.79. The zero-order valence-electron chi connectivity index (χ0n) is 9.68. The number of carbonyl (C=O) groups is 1. The van der Waals surface area contributed by atoms with Crippen molar-refractivity contribution in [1.82, 2.24) is 0 Å². The molecular formula is C13H16O2. The maximum absolute atomic E-state index is 11.6. The summed E-state index contributed by atoms with van der Waals surface area (Å²) in [4.78, 5) is 11.6. The molecule has 1 rings (SSSR count). The third kappa shape index (κ3) is 3.63. The highest BCUT2D eigenvalue weighted by Crippen LogP contribution is 2.12. The molecule has 0 amide bonds. The summed E-state index contributed by atoms with van der Waals surface area (Å²) >= 11 is 0. The van der Waals surface area contributed by atoms with Gasteiger partial charge in [0.2, 0.25) is 0 Å². The fourth-order valence-corrected chi connectivity index (χ4v) is 1.16. The van der Waals surface area contributed by atoms with Gasteiger partial charge >= 0.3 is 0 Å². The van der Waals surface area contributed by atoms with E-state index in [0.717, 1.165) is 0 Å². The topological polar surface area (TPSA) is 30.2 Å². The van der Waals surface area contributed by atoms with Crippen molar-refractivity contribution in [3.05, 3.63) is 23.7 Å². The van der Waals surface area contributed by atoms with Crippen LogP contribution in [0.4, 0.5) is 0 Å². The van der Waals surface area contributed by atoms with E-state index < -0.39 is 0 Å². The standard InChI is InChI=1S/C13H16O2/c1-10-11(7-9-15-10)12(14)6-5-8-13(2,3)4/h7,9H,6H2,1-4H3. The lowest BCUT2D eigenvalue weighted by Gasteiger charge is -2.06. The van der Waals surface area contributed by atoms with E-state index in [-0.39, 0.29) is 17.6 Å². The zero-order valence-corrected chi connectivity index (χ0v) is 9.68. The van der Waals surface area contributed by atoms with E-state index in [0.29, 0.717) is 11.3 Å². The minimum atomic E-state index is -0.0499. The van der Waals surface area contributed by atoms with E-state index in [1.165, 1.54) is 6.26 Å². The van der Waals surface area contributed by atoms with Crippen molar-refractivity contribution in [2.75, 3.05) is 0 Å². The number of furan rings is 1. The van der Waals surface area contributed by atoms with Gasteiger partial charge in [-0.15, -0.1) is 0 Å². The molecule has 0 atom stereocenters. The number of aryl methyl sites for hydroxylation is 1. The molecule has 1 heterocycles. The van der Waals surface area contributed by atoms with Crippen molar-refractivity contribution < 1.29 is 9.21 Å². The molecule has 0 N–H and O–H groups in total. The van der Waals surface area contributed by atoms with Gasteiger partial charge in [0.1, 0.15) is 5.76 Å². The second kappa shape index (κ2) is 4.35. The molecule has 0 saturated heterocycles. The third-order valence-electron chi connectivity index (χ3n) is 1.87. The van der Waals surface area contributed by atoms with Gasteiger partial charge in [-0.25, -0.2) is 0 Å². The predicted molar refractivity (Wildman–Crippen MR) is 59.6 cm³/mol. The van der Waals surface area contributed by atoms with Crippen LogP contribution in [0.1, 0.15) is 43.3 Å². The smallest absolute Gasteiger partial charge is 0.178 e. The summed E-state index contributed by atoms with van der Waals surface area (Å²) < 4.78 is 5.06. The van der Waals surface area contributed by atoms with Crippen LogP contribution in [0.3, 0.4) is 0 Å². The molecule has 15 heavy (non-hydrogen) atoms. The Balaban J connectivity index is 2.65. The van der Waals surface area contributed by atoms with E-state index >= 15 is 0 Å². The molecule has 0 radical (unpaired) electrons. The van der Waals surface area contributed by atoms with E-state index in [4.69, 9.17) is 4.42 Å². The SMILES string of the molecule is Cc1occc1C(=O)CC#CC(C)(C)C. The number of rotatable bonds is 2. The Bertz CT molecular complexity index is 408. The van der Waals surface area contributed by atoms with Gasteiger partial charge in [0, 0.05) is 5.41 Å². The second-order valence-corrected chi connectivity index (χ2v) is 4.54. The lowest BCUT2D eigenvalue weighted by molar-refractivity contribution is 0.0996. The van der Waals surface area contributed by atoms with Crippen LogP contribution in [-0.2, 0) is 0 Å². The molecule has 0 saturated carbocycles. The van der Waals surface area contributed by atoms with Gasteiger partial charge in [0.15, 0.2) is 5.78 Å². The van der Waals surface area contributed by atoms with Crippen LogP contribution in [0, 0.1) is 24.2 Å². The highest BCUT2D eigenvalue weighted by molar-refractivity contribution is 5.98. The second-order valence-electron chi connectivity index (χ2n) is 4.54. The Hall–Kier alpha value is -1.49. The summed E-state index contributed by atoms with van der Waals surface area (Å²) in [5.41, 5.74) is 0.587. The van der Waals surface area contributed by atoms with Crippen LogP contribution in [0.15, 0.2) is 16.7 Å². The molecule has 1 aromatic rings. The summed E-state index contributed by atoms with van der Waals surface area (Å²) in [6.45, 7) is 7.85. The van der Waals surface area contributed by atoms with Gasteiger partial charge in [-0.2, -0.15) is 0 Å². The third-order valence-corrected chi connectivity index (χ3v) is 1.87. The van der Waals surface area contributed by atoms with Gasteiger partial charge in [0.05, 0.1) is 18.2 Å². The first-order chi connectivity index (χ1) is 6.90. The molecule has 2 heteroatoms. The molecule has 0 aliphatic heterocycles. The van der Waals surface area contributed by atoms with E-state index in [9.17, 15) is 4.79 Å². The number of ketones is 1. The van der Waals surface area contributed by atoms with Crippen molar-refractivity contribution in [3.63, 3.8) is 0 Å². The van der Waals surface area contributed by atoms with Gasteiger partial charge < -0.3 is 4.42 Å². The van der Waals surface area contributed by atoms with Gasteiger partial charge in [-0.05, 0) is 33.8 Å². The van der Waals surface area contributed by atoms with Crippen molar-refractivity contribution >= 4 is 5.78 Å². The van der Waals surface area contributed by atoms with Gasteiger partial charge in [-0.3, -0.25) is 4.79 Å². The maximum atomic E-state index is 11.6. The summed E-state index contributed by atoms with van der Waals surface area (Å²) in [6, 6.07) is 1.69. The molecule has 0 unspecified atom stereocenters. The fourth-order valence-electron chi connectivity index (χ4n) is 1.16. The fraction of sp³-hybridized carbons (Fsp3) is 0.462. The largest absolute Gasteiger partial charge is 0.469 e. The average Bonchev–Trinajstić information content (AvgIpc) is 2.48. The van der Waals surface area contributed by atoms with Crippen molar-refractivity contribution in [2.24, 2.45) is 5.41 Å². The molecular weight excluding hydrogens is 188 g/mol. The van der Waals surface area contributed by atoms with Crippen LogP contribution < -0.4 is 0 Å². The van der Waals surface area contributed by atoms with E-state index in [2.05, 4.69) is 11.8 Å². The maximum Gasteiger partial charge on any atom is 0.178 e. The average molecular weight is 204 g/mol. The normalized spacial score (nSPS) is 10.7. The minimum Gasteiger partial charge on any atom is -0.469 e. The Morgan fingerprint density at radius 2 is 2.13 bits per heavy atom. The molecule has 2 nitrogen and oxygen atoms in total. The first-order valence-corrected chi connectivity index (χ1v) is 4.97. The molecule has 0 aliphatic carbocycles. The Morgan fingerprint density at radius 1 is 1.47 bits per heavy atom. The highest BCUT2D eigenvalue weighted by atomic mass is 16.3. The Morgan fingerprint density at radius 3 is 2.60 bits per heavy atom. The summed E-state index contributed by atoms with van der Waals surface area (Å²) in [7, 11) is 0. The highest BCUT2D eigenvalue weighted by Gasteiger charge is 2.10. The Labute approximate surface area is 90.7 Å². The lowest BCUT2D eigenvalue weighted by Crippen LogP contribution is -2.01. The number of hydrogen-bond donors (Lipinski definition) is 0. The molecule has 0 aromatic carbocycles. The van der Waals surface area contributed by atoms with Gasteiger partial charge in [-0.1, -0.05) is 11.8 Å². The van der Waals surface area contributed by atoms with Crippen LogP contribution in [-0.4, -0.2) is 5.78 Å². The predicted octanol–water partition coefficient (Wildman–Crippen LogP) is 3.21. The Kier molecular flexibility index (Phi) is 3.36. The molecule has 0 bridgehead atoms. The number of hydrogen-bond acceptors (Lipinski definition) is 2. The van der Waals surface area contributed by atoms with Crippen LogP contribution >= 0.6 is 0 Å². The molecule has 0 fully saturated rings. The van der Waals surface area contributed by atoms with E-state index in [1.807, 2.05) is 20.8 Å². The summed E-state index contributed by atoms with van der Waals surface area (Å²) in [5.74, 6) is 6.62. The first-order valence-electron chi connectivity index (χ1n) is 4.97. The van der Waals surface area contributed by atoms with E-state index in [1.54, 1.807) is 13.0 Å².